The molecule has 0 spiro atoms. The Labute approximate surface area is 116 Å². The van der Waals surface area contributed by atoms with Crippen LogP contribution in [0.3, 0.4) is 0 Å². The van der Waals surface area contributed by atoms with Gasteiger partial charge in [-0.25, -0.2) is 4.39 Å². The van der Waals surface area contributed by atoms with Gasteiger partial charge in [-0.1, -0.05) is 0 Å². The first-order valence-electron chi connectivity index (χ1n) is 6.61. The van der Waals surface area contributed by atoms with Crippen molar-refractivity contribution in [1.29, 1.82) is 0 Å². The van der Waals surface area contributed by atoms with Crippen LogP contribution >= 0.6 is 15.9 Å². The molecule has 2 fully saturated rings. The Morgan fingerprint density at radius 3 is 2.83 bits per heavy atom. The van der Waals surface area contributed by atoms with Crippen LogP contribution in [0.15, 0.2) is 22.7 Å². The topological polar surface area (TPSA) is 15.3 Å². The van der Waals surface area contributed by atoms with Crippen LogP contribution in [0, 0.1) is 5.82 Å². The maximum absolute atomic E-state index is 13.2. The monoisotopic (exact) mass is 312 g/mol. The lowest BCUT2D eigenvalue weighted by Gasteiger charge is -2.20. The molecule has 1 saturated carbocycles. The van der Waals surface area contributed by atoms with Crippen LogP contribution in [-0.2, 0) is 0 Å². The maximum Gasteiger partial charge on any atom is 0.137 e. The first-order chi connectivity index (χ1) is 8.63. The number of hydrogen-bond donors (Lipinski definition) is 1. The second-order valence-electron chi connectivity index (χ2n) is 5.48. The van der Waals surface area contributed by atoms with Crippen molar-refractivity contribution in [2.75, 3.05) is 11.9 Å². The number of hydrogen-bond acceptors (Lipinski definition) is 2. The van der Waals surface area contributed by atoms with Gasteiger partial charge in [0.05, 0.1) is 4.47 Å². The number of nitrogens with one attached hydrogen (secondary N) is 1. The van der Waals surface area contributed by atoms with E-state index >= 15 is 0 Å². The van der Waals surface area contributed by atoms with Gasteiger partial charge in [-0.3, -0.25) is 4.90 Å². The highest BCUT2D eigenvalue weighted by Crippen LogP contribution is 2.34. The third-order valence-electron chi connectivity index (χ3n) is 3.93. The van der Waals surface area contributed by atoms with Crippen LogP contribution < -0.4 is 5.32 Å². The van der Waals surface area contributed by atoms with Crippen molar-refractivity contribution in [2.45, 2.75) is 44.3 Å². The SMILES string of the molecule is CC1CC(Nc2ccc(F)c(Br)c2)CN1C1CC1. The van der Waals surface area contributed by atoms with Crippen molar-refractivity contribution in [3.8, 4) is 0 Å². The van der Waals surface area contributed by atoms with E-state index in [0.717, 1.165) is 18.3 Å². The summed E-state index contributed by atoms with van der Waals surface area (Å²) in [5.41, 5.74) is 0.998. The van der Waals surface area contributed by atoms with Crippen molar-refractivity contribution < 1.29 is 4.39 Å². The average molecular weight is 313 g/mol. The van der Waals surface area contributed by atoms with E-state index in [1.54, 1.807) is 0 Å². The van der Waals surface area contributed by atoms with E-state index < -0.39 is 0 Å². The number of halogens is 2. The first kappa shape index (κ1) is 12.4. The summed E-state index contributed by atoms with van der Waals surface area (Å²) in [6.45, 7) is 3.42. The summed E-state index contributed by atoms with van der Waals surface area (Å²) >= 11 is 3.23. The van der Waals surface area contributed by atoms with Crippen molar-refractivity contribution in [3.63, 3.8) is 0 Å². The number of likely N-dealkylation sites (tertiary alicyclic amines) is 1. The van der Waals surface area contributed by atoms with Gasteiger partial charge >= 0.3 is 0 Å². The molecule has 18 heavy (non-hydrogen) atoms. The van der Waals surface area contributed by atoms with E-state index in [-0.39, 0.29) is 5.82 Å². The number of rotatable bonds is 3. The van der Waals surface area contributed by atoms with Crippen molar-refractivity contribution in [1.82, 2.24) is 4.90 Å². The molecule has 1 aliphatic heterocycles. The Morgan fingerprint density at radius 2 is 2.17 bits per heavy atom. The zero-order valence-electron chi connectivity index (χ0n) is 10.5. The van der Waals surface area contributed by atoms with E-state index in [1.165, 1.54) is 25.3 Å². The molecule has 3 rings (SSSR count). The highest BCUT2D eigenvalue weighted by Gasteiger charge is 2.38. The van der Waals surface area contributed by atoms with E-state index in [0.29, 0.717) is 16.6 Å². The van der Waals surface area contributed by atoms with Crippen LogP contribution in [0.4, 0.5) is 10.1 Å². The lowest BCUT2D eigenvalue weighted by atomic mass is 10.2. The molecule has 1 saturated heterocycles. The van der Waals surface area contributed by atoms with Crippen LogP contribution in [0.1, 0.15) is 26.2 Å². The molecule has 1 N–H and O–H groups in total. The van der Waals surface area contributed by atoms with Gasteiger partial charge in [-0.15, -0.1) is 0 Å². The molecule has 2 aliphatic rings. The Morgan fingerprint density at radius 1 is 1.39 bits per heavy atom. The molecule has 1 aliphatic carbocycles. The third kappa shape index (κ3) is 2.54. The van der Waals surface area contributed by atoms with Crippen molar-refractivity contribution in [2.24, 2.45) is 0 Å². The molecule has 0 aromatic heterocycles. The van der Waals surface area contributed by atoms with E-state index in [1.807, 2.05) is 12.1 Å². The van der Waals surface area contributed by atoms with Gasteiger partial charge in [-0.2, -0.15) is 0 Å². The Bertz CT molecular complexity index is 447. The van der Waals surface area contributed by atoms with E-state index in [4.69, 9.17) is 0 Å². The Kier molecular flexibility index (Phi) is 3.32. The van der Waals surface area contributed by atoms with Crippen LogP contribution in [0.2, 0.25) is 0 Å². The van der Waals surface area contributed by atoms with Crippen molar-refractivity contribution in [3.05, 3.63) is 28.5 Å². The minimum Gasteiger partial charge on any atom is -0.381 e. The zero-order valence-corrected chi connectivity index (χ0v) is 12.1. The summed E-state index contributed by atoms with van der Waals surface area (Å²) in [5, 5.41) is 3.51. The molecule has 4 heteroatoms. The largest absolute Gasteiger partial charge is 0.381 e. The smallest absolute Gasteiger partial charge is 0.137 e. The second kappa shape index (κ2) is 4.82. The summed E-state index contributed by atoms with van der Waals surface area (Å²) in [4.78, 5) is 2.61. The highest BCUT2D eigenvalue weighted by atomic mass is 79.9. The summed E-state index contributed by atoms with van der Waals surface area (Å²) in [7, 11) is 0. The minimum atomic E-state index is -0.208. The highest BCUT2D eigenvalue weighted by molar-refractivity contribution is 9.10. The minimum absolute atomic E-state index is 0.208. The van der Waals surface area contributed by atoms with Gasteiger partial charge in [0.25, 0.3) is 0 Å². The summed E-state index contributed by atoms with van der Waals surface area (Å²) in [5.74, 6) is -0.208. The molecular weight excluding hydrogens is 295 g/mol. The predicted octanol–water partition coefficient (Wildman–Crippen LogP) is 3.63. The molecule has 1 heterocycles. The molecule has 98 valence electrons. The predicted molar refractivity (Wildman–Crippen MR) is 75.3 cm³/mol. The normalized spacial score (nSPS) is 28.6. The van der Waals surface area contributed by atoms with Gasteiger partial charge in [0.2, 0.25) is 0 Å². The van der Waals surface area contributed by atoms with Gasteiger partial charge < -0.3 is 5.32 Å². The van der Waals surface area contributed by atoms with Gasteiger partial charge in [-0.05, 0) is 60.3 Å². The van der Waals surface area contributed by atoms with Gasteiger partial charge in [0.1, 0.15) is 5.82 Å². The molecule has 1 aromatic rings. The number of benzene rings is 1. The second-order valence-corrected chi connectivity index (χ2v) is 6.34. The average Bonchev–Trinajstić information content (AvgIpc) is 3.09. The number of anilines is 1. The van der Waals surface area contributed by atoms with Gasteiger partial charge in [0.15, 0.2) is 0 Å². The van der Waals surface area contributed by atoms with Crippen LogP contribution in [0.5, 0.6) is 0 Å². The summed E-state index contributed by atoms with van der Waals surface area (Å²) in [6, 6.07) is 7.11. The lowest BCUT2D eigenvalue weighted by molar-refractivity contribution is 0.257. The quantitative estimate of drug-likeness (QED) is 0.917. The fourth-order valence-electron chi connectivity index (χ4n) is 2.90. The molecule has 2 atom stereocenters. The lowest BCUT2D eigenvalue weighted by Crippen LogP contribution is -2.31. The van der Waals surface area contributed by atoms with E-state index in [9.17, 15) is 4.39 Å². The van der Waals surface area contributed by atoms with Gasteiger partial charge in [0, 0.05) is 30.4 Å². The summed E-state index contributed by atoms with van der Waals surface area (Å²) < 4.78 is 13.7. The fourth-order valence-corrected chi connectivity index (χ4v) is 3.28. The third-order valence-corrected chi connectivity index (χ3v) is 4.54. The van der Waals surface area contributed by atoms with Crippen LogP contribution in [0.25, 0.3) is 0 Å². The summed E-state index contributed by atoms with van der Waals surface area (Å²) in [6.07, 6.45) is 3.89. The zero-order chi connectivity index (χ0) is 12.7. The molecule has 1 aromatic carbocycles. The Balaban J connectivity index is 1.64. The van der Waals surface area contributed by atoms with Crippen molar-refractivity contribution >= 4 is 21.6 Å². The molecule has 0 radical (unpaired) electrons. The standard InChI is InChI=1S/C14H18BrFN2/c1-9-6-11(8-18(9)12-3-4-12)17-10-2-5-14(16)13(15)7-10/h2,5,7,9,11-12,17H,3-4,6,8H2,1H3. The van der Waals surface area contributed by atoms with Crippen LogP contribution in [-0.4, -0.2) is 29.6 Å². The molecular formula is C14H18BrFN2. The molecule has 2 unspecified atom stereocenters. The molecule has 0 amide bonds. The molecule has 2 nitrogen and oxygen atoms in total. The van der Waals surface area contributed by atoms with E-state index in [2.05, 4.69) is 33.1 Å². The maximum atomic E-state index is 13.2. The first-order valence-corrected chi connectivity index (χ1v) is 7.40. The number of nitrogens with zero attached hydrogens (tertiary/aromatic N) is 1. The Hall–Kier alpha value is -0.610. The fraction of sp³-hybridized carbons (Fsp3) is 0.571. The molecule has 0 bridgehead atoms.